The molecule has 106 valence electrons. The van der Waals surface area contributed by atoms with E-state index in [-0.39, 0.29) is 17.8 Å². The Kier molecular flexibility index (Phi) is 5.08. The summed E-state index contributed by atoms with van der Waals surface area (Å²) in [6, 6.07) is -0.556. The van der Waals surface area contributed by atoms with E-state index in [2.05, 4.69) is 5.43 Å². The highest BCUT2D eigenvalue weighted by atomic mass is 16.5. The van der Waals surface area contributed by atoms with Crippen LogP contribution in [0, 0.1) is 0 Å². The number of nitrogens with one attached hydrogen (secondary N) is 1. The minimum Gasteiger partial charge on any atom is -0.503 e. The van der Waals surface area contributed by atoms with Crippen LogP contribution in [0.15, 0.2) is 23.6 Å². The summed E-state index contributed by atoms with van der Waals surface area (Å²) in [6.45, 7) is 3.90. The van der Waals surface area contributed by atoms with Crippen molar-refractivity contribution in [1.29, 1.82) is 0 Å². The lowest BCUT2D eigenvalue weighted by Gasteiger charge is -2.34. The highest BCUT2D eigenvalue weighted by Gasteiger charge is 2.31. The van der Waals surface area contributed by atoms with Crippen LogP contribution in [-0.2, 0) is 14.3 Å². The van der Waals surface area contributed by atoms with Crippen molar-refractivity contribution in [1.82, 2.24) is 10.3 Å². The van der Waals surface area contributed by atoms with Gasteiger partial charge in [0, 0.05) is 13.2 Å². The molecule has 19 heavy (non-hydrogen) atoms. The number of allylic oxidation sites excluding steroid dienone is 1. The minimum atomic E-state index is -0.690. The van der Waals surface area contributed by atoms with Gasteiger partial charge in [0.05, 0.1) is 12.6 Å². The van der Waals surface area contributed by atoms with Crippen LogP contribution in [0.25, 0.3) is 0 Å². The van der Waals surface area contributed by atoms with Crippen LogP contribution in [0.5, 0.6) is 0 Å². The molecule has 0 aromatic carbocycles. The first-order valence-electron chi connectivity index (χ1n) is 5.88. The number of nitrogens with two attached hydrogens (primary N) is 1. The first-order chi connectivity index (χ1) is 8.93. The molecule has 1 aliphatic rings. The largest absolute Gasteiger partial charge is 0.503 e. The van der Waals surface area contributed by atoms with Crippen LogP contribution in [0.2, 0.25) is 0 Å². The first-order valence-corrected chi connectivity index (χ1v) is 5.88. The predicted octanol–water partition coefficient (Wildman–Crippen LogP) is -0.390. The Labute approximate surface area is 111 Å². The Morgan fingerprint density at radius 2 is 2.21 bits per heavy atom. The maximum absolute atomic E-state index is 12.3. The summed E-state index contributed by atoms with van der Waals surface area (Å²) in [7, 11) is 1.53. The van der Waals surface area contributed by atoms with E-state index in [1.807, 2.05) is 0 Å². The van der Waals surface area contributed by atoms with Crippen molar-refractivity contribution in [3.8, 4) is 0 Å². The number of ether oxygens (including phenoxy) is 1. The number of hydrogen-bond donors (Lipinski definition) is 3. The van der Waals surface area contributed by atoms with Crippen LogP contribution in [-0.4, -0.2) is 47.5 Å². The van der Waals surface area contributed by atoms with Gasteiger partial charge in [0.2, 0.25) is 5.78 Å². The molecule has 0 radical (unpaired) electrons. The van der Waals surface area contributed by atoms with Gasteiger partial charge in [0.1, 0.15) is 0 Å². The molecule has 7 heteroatoms. The van der Waals surface area contributed by atoms with Crippen molar-refractivity contribution < 1.29 is 19.4 Å². The van der Waals surface area contributed by atoms with E-state index in [0.717, 1.165) is 0 Å². The third-order valence-corrected chi connectivity index (χ3v) is 2.91. The molecule has 0 bridgehead atoms. The molecule has 1 rings (SSSR count). The third kappa shape index (κ3) is 3.12. The third-order valence-electron chi connectivity index (χ3n) is 2.91. The summed E-state index contributed by atoms with van der Waals surface area (Å²) in [4.78, 5) is 25.4. The molecule has 2 atom stereocenters. The number of rotatable bonds is 4. The molecule has 4 N–H and O–H groups in total. The molecule has 1 heterocycles. The zero-order valence-electron chi connectivity index (χ0n) is 11.2. The smallest absolute Gasteiger partial charge is 0.276 e. The Hall–Kier alpha value is -1.86. The van der Waals surface area contributed by atoms with Gasteiger partial charge in [-0.3, -0.25) is 15.4 Å². The number of hydrogen-bond acceptors (Lipinski definition) is 6. The van der Waals surface area contributed by atoms with Crippen LogP contribution >= 0.6 is 0 Å². The number of carbonyl (C=O) groups is 2. The van der Waals surface area contributed by atoms with E-state index < -0.39 is 17.4 Å². The average molecular weight is 269 g/mol. The zero-order chi connectivity index (χ0) is 14.6. The van der Waals surface area contributed by atoms with Crippen LogP contribution < -0.4 is 11.3 Å². The van der Waals surface area contributed by atoms with Gasteiger partial charge < -0.3 is 20.2 Å². The predicted molar refractivity (Wildman–Crippen MR) is 68.8 cm³/mol. The topological polar surface area (TPSA) is 105 Å². The normalized spacial score (nSPS) is 27.8. The van der Waals surface area contributed by atoms with Gasteiger partial charge in [-0.2, -0.15) is 0 Å². The molecule has 7 nitrogen and oxygen atoms in total. The molecule has 0 saturated carbocycles. The number of nitrogens with zero attached hydrogens (tertiary/aromatic N) is 1. The zero-order valence-corrected chi connectivity index (χ0v) is 11.2. The summed E-state index contributed by atoms with van der Waals surface area (Å²) in [5.74, 6) is 3.33. The van der Waals surface area contributed by atoms with E-state index in [1.165, 1.54) is 18.1 Å². The second-order valence-corrected chi connectivity index (χ2v) is 4.35. The number of methoxy groups -OCH3 is 1. The second kappa shape index (κ2) is 6.35. The van der Waals surface area contributed by atoms with E-state index >= 15 is 0 Å². The molecule has 1 unspecified atom stereocenters. The van der Waals surface area contributed by atoms with Gasteiger partial charge in [-0.25, -0.2) is 0 Å². The van der Waals surface area contributed by atoms with Crippen molar-refractivity contribution >= 4 is 11.7 Å². The van der Waals surface area contributed by atoms with Crippen LogP contribution in [0.3, 0.4) is 0 Å². The second-order valence-electron chi connectivity index (χ2n) is 4.35. The molecule has 1 aliphatic heterocycles. The lowest BCUT2D eigenvalue weighted by Crippen LogP contribution is -2.50. The van der Waals surface area contributed by atoms with E-state index in [9.17, 15) is 14.7 Å². The van der Waals surface area contributed by atoms with Gasteiger partial charge in [-0.05, 0) is 19.9 Å². The fourth-order valence-electron chi connectivity index (χ4n) is 1.99. The van der Waals surface area contributed by atoms with E-state index in [1.54, 1.807) is 19.9 Å². The van der Waals surface area contributed by atoms with Crippen LogP contribution in [0.1, 0.15) is 13.8 Å². The molecule has 0 aliphatic carbocycles. The molecular weight excluding hydrogens is 250 g/mol. The Morgan fingerprint density at radius 3 is 2.74 bits per heavy atom. The maximum Gasteiger partial charge on any atom is 0.276 e. The maximum atomic E-state index is 12.3. The van der Waals surface area contributed by atoms with Crippen molar-refractivity contribution in [2.24, 2.45) is 5.84 Å². The number of carbonyl (C=O) groups excluding carboxylic acids is 2. The number of aliphatic hydroxyl groups is 1. The molecule has 0 fully saturated rings. The van der Waals surface area contributed by atoms with Gasteiger partial charge in [-0.1, -0.05) is 6.08 Å². The van der Waals surface area contributed by atoms with Crippen molar-refractivity contribution in [2.75, 3.05) is 13.7 Å². The number of hydrazine groups is 1. The number of amides is 1. The van der Waals surface area contributed by atoms with E-state index in [0.29, 0.717) is 6.61 Å². The fourth-order valence-corrected chi connectivity index (χ4v) is 1.99. The first kappa shape index (κ1) is 15.2. The molecular formula is C12H19N3O4. The van der Waals surface area contributed by atoms with Crippen molar-refractivity contribution in [2.45, 2.75) is 25.9 Å². The van der Waals surface area contributed by atoms with Gasteiger partial charge in [-0.15, -0.1) is 0 Å². The lowest BCUT2D eigenvalue weighted by atomic mass is 10.1. The summed E-state index contributed by atoms with van der Waals surface area (Å²) in [6.07, 6.45) is 2.77. The standard InChI is InChI=1S/C12H19N3O4/c1-7-4-5-9(16)11(17)10(14-13)12(18)15(7)8(2)6-19-3/h4-5,7-8,14,17H,6,13H2,1-3H3/b5-4-,11-10+/t7-,8?/m0/s1. The van der Waals surface area contributed by atoms with Gasteiger partial charge in [0.15, 0.2) is 11.5 Å². The monoisotopic (exact) mass is 269 g/mol. The minimum absolute atomic E-state index is 0.235. The molecule has 0 spiro atoms. The lowest BCUT2D eigenvalue weighted by molar-refractivity contribution is -0.133. The molecule has 0 saturated heterocycles. The van der Waals surface area contributed by atoms with E-state index in [4.69, 9.17) is 10.6 Å². The average Bonchev–Trinajstić information content (AvgIpc) is 2.36. The van der Waals surface area contributed by atoms with Crippen molar-refractivity contribution in [3.63, 3.8) is 0 Å². The quantitative estimate of drug-likeness (QED) is 0.474. The number of aliphatic hydroxyl groups excluding tert-OH is 1. The Morgan fingerprint density at radius 1 is 1.58 bits per heavy atom. The van der Waals surface area contributed by atoms with Gasteiger partial charge >= 0.3 is 0 Å². The molecule has 0 aromatic heterocycles. The summed E-state index contributed by atoms with van der Waals surface area (Å²) in [5.41, 5.74) is 1.78. The summed E-state index contributed by atoms with van der Waals surface area (Å²) >= 11 is 0. The Balaban J connectivity index is 3.21. The van der Waals surface area contributed by atoms with Crippen molar-refractivity contribution in [3.05, 3.63) is 23.6 Å². The van der Waals surface area contributed by atoms with Gasteiger partial charge in [0.25, 0.3) is 5.91 Å². The number of ketones is 1. The SMILES string of the molecule is COCC(C)N1C(=O)/C(NN)=C(\O)C(=O)/C=C\[C@@H]1C. The molecule has 1 amide bonds. The van der Waals surface area contributed by atoms with Crippen LogP contribution in [0.4, 0.5) is 0 Å². The Bertz CT molecular complexity index is 431. The summed E-state index contributed by atoms with van der Waals surface area (Å²) < 4.78 is 5.03. The molecule has 0 aromatic rings. The highest BCUT2D eigenvalue weighted by Crippen LogP contribution is 2.16. The fraction of sp³-hybridized carbons (Fsp3) is 0.500. The highest BCUT2D eigenvalue weighted by molar-refractivity contribution is 6.09. The summed E-state index contributed by atoms with van der Waals surface area (Å²) in [5, 5.41) is 9.69.